The van der Waals surface area contributed by atoms with Gasteiger partial charge in [0.15, 0.2) is 0 Å². The first-order valence-corrected chi connectivity index (χ1v) is 6.48. The average Bonchev–Trinajstić information content (AvgIpc) is 2.28. The SMILES string of the molecule is CCC(Cl)C(=O)OC(C)(C)C1CCNCC1. The van der Waals surface area contributed by atoms with Crippen LogP contribution in [-0.2, 0) is 9.53 Å². The van der Waals surface area contributed by atoms with Crippen molar-refractivity contribution < 1.29 is 9.53 Å². The molecule has 1 aliphatic rings. The summed E-state index contributed by atoms with van der Waals surface area (Å²) in [7, 11) is 0. The van der Waals surface area contributed by atoms with Gasteiger partial charge in [-0.05, 0) is 46.2 Å². The van der Waals surface area contributed by atoms with Crippen molar-refractivity contribution in [2.75, 3.05) is 13.1 Å². The lowest BCUT2D eigenvalue weighted by Gasteiger charge is -2.37. The van der Waals surface area contributed by atoms with Gasteiger partial charge >= 0.3 is 5.97 Å². The molecular formula is C12H22ClNO2. The summed E-state index contributed by atoms with van der Waals surface area (Å²) in [5, 5.41) is 2.79. The highest BCUT2D eigenvalue weighted by Crippen LogP contribution is 2.29. The first-order chi connectivity index (χ1) is 7.47. The standard InChI is InChI=1S/C12H22ClNO2/c1-4-10(13)11(15)16-12(2,3)9-5-7-14-8-6-9/h9-10,14H,4-8H2,1-3H3. The number of esters is 1. The Bertz CT molecular complexity index is 237. The number of hydrogen-bond donors (Lipinski definition) is 1. The van der Waals surface area contributed by atoms with Crippen LogP contribution in [0.3, 0.4) is 0 Å². The average molecular weight is 248 g/mol. The molecule has 0 aromatic heterocycles. The number of hydrogen-bond acceptors (Lipinski definition) is 3. The molecule has 16 heavy (non-hydrogen) atoms. The summed E-state index contributed by atoms with van der Waals surface area (Å²) >= 11 is 5.87. The predicted molar refractivity (Wildman–Crippen MR) is 65.7 cm³/mol. The van der Waals surface area contributed by atoms with Crippen molar-refractivity contribution in [1.82, 2.24) is 5.32 Å². The molecule has 1 rings (SSSR count). The molecule has 94 valence electrons. The second kappa shape index (κ2) is 5.87. The monoisotopic (exact) mass is 247 g/mol. The fourth-order valence-corrected chi connectivity index (χ4v) is 2.13. The zero-order valence-electron chi connectivity index (χ0n) is 10.4. The van der Waals surface area contributed by atoms with Crippen LogP contribution < -0.4 is 5.32 Å². The van der Waals surface area contributed by atoms with Gasteiger partial charge in [-0.3, -0.25) is 4.79 Å². The van der Waals surface area contributed by atoms with E-state index in [0.29, 0.717) is 12.3 Å². The van der Waals surface area contributed by atoms with Gasteiger partial charge in [0.05, 0.1) is 0 Å². The number of ether oxygens (including phenoxy) is 1. The van der Waals surface area contributed by atoms with E-state index in [1.165, 1.54) is 0 Å². The number of piperidine rings is 1. The Kier molecular flexibility index (Phi) is 5.06. The van der Waals surface area contributed by atoms with Crippen molar-refractivity contribution in [3.8, 4) is 0 Å². The van der Waals surface area contributed by atoms with Crippen LogP contribution in [0, 0.1) is 5.92 Å². The van der Waals surface area contributed by atoms with Gasteiger partial charge in [-0.1, -0.05) is 6.92 Å². The third kappa shape index (κ3) is 3.63. The summed E-state index contributed by atoms with van der Waals surface area (Å²) in [5.41, 5.74) is -0.401. The topological polar surface area (TPSA) is 38.3 Å². The van der Waals surface area contributed by atoms with E-state index in [0.717, 1.165) is 25.9 Å². The zero-order chi connectivity index (χ0) is 12.2. The summed E-state index contributed by atoms with van der Waals surface area (Å²) in [5.74, 6) is 0.145. The maximum Gasteiger partial charge on any atom is 0.324 e. The van der Waals surface area contributed by atoms with Gasteiger partial charge in [0.1, 0.15) is 11.0 Å². The molecule has 0 aliphatic carbocycles. The second-order valence-electron chi connectivity index (χ2n) is 4.92. The fraction of sp³-hybridized carbons (Fsp3) is 0.917. The van der Waals surface area contributed by atoms with Gasteiger partial charge < -0.3 is 10.1 Å². The first-order valence-electron chi connectivity index (χ1n) is 6.05. The van der Waals surface area contributed by atoms with E-state index in [4.69, 9.17) is 16.3 Å². The van der Waals surface area contributed by atoms with Crippen LogP contribution in [-0.4, -0.2) is 30.0 Å². The van der Waals surface area contributed by atoms with E-state index in [2.05, 4.69) is 5.32 Å². The number of halogens is 1. The lowest BCUT2D eigenvalue weighted by Crippen LogP contribution is -2.43. The highest BCUT2D eigenvalue weighted by Gasteiger charge is 2.35. The normalized spacial score (nSPS) is 20.5. The molecule has 0 radical (unpaired) electrons. The molecule has 0 saturated carbocycles. The van der Waals surface area contributed by atoms with Crippen molar-refractivity contribution >= 4 is 17.6 Å². The van der Waals surface area contributed by atoms with Gasteiger partial charge in [0.2, 0.25) is 0 Å². The molecule has 1 saturated heterocycles. The number of alkyl halides is 1. The Balaban J connectivity index is 2.52. The quantitative estimate of drug-likeness (QED) is 0.612. The minimum Gasteiger partial charge on any atom is -0.458 e. The Hall–Kier alpha value is -0.280. The highest BCUT2D eigenvalue weighted by atomic mass is 35.5. The molecule has 0 aromatic rings. The summed E-state index contributed by atoms with van der Waals surface area (Å²) in [6.45, 7) is 7.87. The molecule has 0 spiro atoms. The number of rotatable bonds is 4. The number of nitrogens with one attached hydrogen (secondary N) is 1. The van der Waals surface area contributed by atoms with Crippen molar-refractivity contribution in [2.24, 2.45) is 5.92 Å². The molecule has 0 aromatic carbocycles. The molecule has 3 nitrogen and oxygen atoms in total. The largest absolute Gasteiger partial charge is 0.458 e. The maximum absolute atomic E-state index is 11.7. The lowest BCUT2D eigenvalue weighted by molar-refractivity contribution is -0.162. The molecule has 1 aliphatic heterocycles. The fourth-order valence-electron chi connectivity index (χ4n) is 2.09. The van der Waals surface area contributed by atoms with Crippen molar-refractivity contribution in [1.29, 1.82) is 0 Å². The molecule has 4 heteroatoms. The number of carbonyl (C=O) groups is 1. The van der Waals surface area contributed by atoms with Crippen molar-refractivity contribution in [3.05, 3.63) is 0 Å². The minimum atomic E-state index is -0.513. The van der Waals surface area contributed by atoms with Gasteiger partial charge in [0, 0.05) is 5.92 Å². The van der Waals surface area contributed by atoms with Gasteiger partial charge in [0.25, 0.3) is 0 Å². The molecule has 1 unspecified atom stereocenters. The third-order valence-corrected chi connectivity index (χ3v) is 3.79. The van der Waals surface area contributed by atoms with E-state index in [1.807, 2.05) is 20.8 Å². The molecule has 0 amide bonds. The van der Waals surface area contributed by atoms with E-state index >= 15 is 0 Å². The molecule has 1 fully saturated rings. The molecule has 1 atom stereocenters. The molecule has 1 N–H and O–H groups in total. The van der Waals surface area contributed by atoms with Crippen LogP contribution in [0.5, 0.6) is 0 Å². The van der Waals surface area contributed by atoms with Crippen LogP contribution in [0.15, 0.2) is 0 Å². The van der Waals surface area contributed by atoms with Crippen LogP contribution in [0.1, 0.15) is 40.0 Å². The molecule has 1 heterocycles. The molecule has 0 bridgehead atoms. The van der Waals surface area contributed by atoms with E-state index < -0.39 is 11.0 Å². The summed E-state index contributed by atoms with van der Waals surface area (Å²) in [6, 6.07) is 0. The van der Waals surface area contributed by atoms with E-state index in [1.54, 1.807) is 0 Å². The van der Waals surface area contributed by atoms with Crippen molar-refractivity contribution in [2.45, 2.75) is 51.0 Å². The Morgan fingerprint density at radius 1 is 1.50 bits per heavy atom. The predicted octanol–water partition coefficient (Wildman–Crippen LogP) is 2.33. The van der Waals surface area contributed by atoms with Crippen LogP contribution in [0.4, 0.5) is 0 Å². The highest BCUT2D eigenvalue weighted by molar-refractivity contribution is 6.29. The zero-order valence-corrected chi connectivity index (χ0v) is 11.1. The summed E-state index contributed by atoms with van der Waals surface area (Å²) < 4.78 is 5.53. The Labute approximate surface area is 103 Å². The maximum atomic E-state index is 11.7. The van der Waals surface area contributed by atoms with Crippen LogP contribution >= 0.6 is 11.6 Å². The van der Waals surface area contributed by atoms with E-state index in [9.17, 15) is 4.79 Å². The summed E-state index contributed by atoms with van der Waals surface area (Å²) in [6.07, 6.45) is 2.72. The van der Waals surface area contributed by atoms with Crippen LogP contribution in [0.25, 0.3) is 0 Å². The summed E-state index contributed by atoms with van der Waals surface area (Å²) in [4.78, 5) is 11.7. The van der Waals surface area contributed by atoms with Gasteiger partial charge in [-0.25, -0.2) is 0 Å². The minimum absolute atomic E-state index is 0.285. The first kappa shape index (κ1) is 13.8. The molecular weight excluding hydrogens is 226 g/mol. The smallest absolute Gasteiger partial charge is 0.324 e. The van der Waals surface area contributed by atoms with E-state index in [-0.39, 0.29) is 5.97 Å². The Morgan fingerprint density at radius 3 is 2.56 bits per heavy atom. The van der Waals surface area contributed by atoms with Gasteiger partial charge in [-0.2, -0.15) is 0 Å². The van der Waals surface area contributed by atoms with Gasteiger partial charge in [-0.15, -0.1) is 11.6 Å². The lowest BCUT2D eigenvalue weighted by atomic mass is 9.83. The van der Waals surface area contributed by atoms with Crippen molar-refractivity contribution in [3.63, 3.8) is 0 Å². The second-order valence-corrected chi connectivity index (χ2v) is 5.45. The van der Waals surface area contributed by atoms with Crippen LogP contribution in [0.2, 0.25) is 0 Å². The number of carbonyl (C=O) groups excluding carboxylic acids is 1. The Morgan fingerprint density at radius 2 is 2.06 bits per heavy atom. The third-order valence-electron chi connectivity index (χ3n) is 3.30.